The first-order chi connectivity index (χ1) is 31.3. The van der Waals surface area contributed by atoms with Crippen LogP contribution in [0.2, 0.25) is 0 Å². The van der Waals surface area contributed by atoms with Gasteiger partial charge in [-0.25, -0.2) is 8.78 Å². The van der Waals surface area contributed by atoms with Gasteiger partial charge in [0.2, 0.25) is 5.43 Å². The average molecular weight is 1100 g/mol. The number of anilines is 2. The van der Waals surface area contributed by atoms with Gasteiger partial charge in [0.15, 0.2) is 5.82 Å². The van der Waals surface area contributed by atoms with Gasteiger partial charge in [-0.05, 0) is 90.7 Å². The Labute approximate surface area is 616 Å². The van der Waals surface area contributed by atoms with Gasteiger partial charge in [-0.3, -0.25) is 9.59 Å². The van der Waals surface area contributed by atoms with Crippen LogP contribution in [0.15, 0.2) is 88.1 Å². The SMILES string of the molecule is Cc1ccc(N(CC(=O)[O-])CC(=O)[O-])c(OCCOc2cc(CNC(=O)c3ccc(-c4c5cc(F)c(=O)cc-5oc5cc(C)c(F)cc45)c(C(=O)[O-])c3)ccc2N(CC(=O)[O-])CC(=O)[O-])c1.[K+].[K+].[K+].[K+].[K+]. The van der Waals surface area contributed by atoms with Crippen molar-refractivity contribution in [2.45, 2.75) is 20.4 Å². The molecular weight excluding hydrogens is 1070 g/mol. The number of aromatic carboxylic acids is 1. The number of hydrogen-bond acceptors (Lipinski definition) is 17. The molecule has 25 heteroatoms. The van der Waals surface area contributed by atoms with E-state index in [-0.39, 0.29) is 344 Å². The molecule has 1 amide bonds. The Hall–Kier alpha value is -0.368. The van der Waals surface area contributed by atoms with Gasteiger partial charge in [-0.15, -0.1) is 0 Å². The quantitative estimate of drug-likeness (QED) is 0.0422. The van der Waals surface area contributed by atoms with E-state index in [1.807, 2.05) is 0 Å². The number of carboxylic acids is 5. The van der Waals surface area contributed by atoms with Gasteiger partial charge in [-0.1, -0.05) is 18.2 Å². The van der Waals surface area contributed by atoms with Crippen LogP contribution in [-0.4, -0.2) is 75.1 Å². The Morgan fingerprint density at radius 2 is 1.15 bits per heavy atom. The molecule has 71 heavy (non-hydrogen) atoms. The van der Waals surface area contributed by atoms with E-state index in [0.717, 1.165) is 34.1 Å². The standard InChI is InChI=1S/C46H39F2N3O15.5K/c1-23-3-7-33(50(19-40(53)54)20-41(55)56)38(11-23)64-9-10-65-39-13-25(4-8-34(39)51(21-42(57)58)22-43(59)60)18-49-45(61)26-5-6-27(28(14-26)46(62)63)44-29-15-31(47)24(2)12-36(29)66-37-17-35(52)32(48)16-30(37)44;;;;;/h3-8,11-17H,9-10,18-22H2,1-2H3,(H,49,61)(H,53,54)(H,55,56)(H,57,58)(H,59,60)(H,62,63);;;;;/q;5*+1/p-5. The molecule has 0 atom stereocenters. The van der Waals surface area contributed by atoms with Crippen LogP contribution in [0.5, 0.6) is 11.5 Å². The zero-order chi connectivity index (χ0) is 48.0. The normalized spacial score (nSPS) is 10.2. The fourth-order valence-corrected chi connectivity index (χ4v) is 7.08. The van der Waals surface area contributed by atoms with E-state index in [2.05, 4.69) is 5.32 Å². The fourth-order valence-electron chi connectivity index (χ4n) is 7.08. The molecule has 342 valence electrons. The Bertz CT molecular complexity index is 2950. The van der Waals surface area contributed by atoms with Gasteiger partial charge < -0.3 is 78.5 Å². The van der Waals surface area contributed by atoms with E-state index in [0.29, 0.717) is 11.1 Å². The molecule has 0 spiro atoms. The summed E-state index contributed by atoms with van der Waals surface area (Å²) in [6.45, 7) is -1.21. The predicted molar refractivity (Wildman–Crippen MR) is 218 cm³/mol. The van der Waals surface area contributed by atoms with Crippen LogP contribution in [0.25, 0.3) is 33.4 Å². The summed E-state index contributed by atoms with van der Waals surface area (Å²) in [7, 11) is 0. The van der Waals surface area contributed by atoms with Gasteiger partial charge in [0.05, 0.1) is 67.4 Å². The Morgan fingerprint density at radius 3 is 1.69 bits per heavy atom. The number of carbonyl (C=O) groups is 6. The van der Waals surface area contributed by atoms with Gasteiger partial charge in [-0.2, -0.15) is 0 Å². The van der Waals surface area contributed by atoms with Crippen LogP contribution in [0.4, 0.5) is 20.2 Å². The predicted octanol–water partition coefficient (Wildman–Crippen LogP) is -16.2. The maximum Gasteiger partial charge on any atom is 1.00 e. The van der Waals surface area contributed by atoms with Crippen LogP contribution in [0.3, 0.4) is 0 Å². The Kier molecular flexibility index (Phi) is 30.7. The van der Waals surface area contributed by atoms with E-state index in [9.17, 15) is 67.9 Å². The summed E-state index contributed by atoms with van der Waals surface area (Å²) in [4.78, 5) is 86.2. The van der Waals surface area contributed by atoms with Crippen molar-refractivity contribution in [1.29, 1.82) is 0 Å². The summed E-state index contributed by atoms with van der Waals surface area (Å²) in [5.74, 6) is -11.1. The summed E-state index contributed by atoms with van der Waals surface area (Å²) in [5.41, 5.74) is -0.813. The molecule has 1 heterocycles. The molecule has 0 bridgehead atoms. The van der Waals surface area contributed by atoms with Crippen molar-refractivity contribution in [3.63, 3.8) is 0 Å². The van der Waals surface area contributed by atoms with E-state index >= 15 is 0 Å². The number of carboxylic acid groups (broad SMARTS) is 5. The summed E-state index contributed by atoms with van der Waals surface area (Å²) < 4.78 is 47.1. The maximum absolute atomic E-state index is 14.9. The van der Waals surface area contributed by atoms with Crippen molar-refractivity contribution in [3.8, 4) is 33.9 Å². The molecule has 2 aliphatic rings. The van der Waals surface area contributed by atoms with Crippen LogP contribution in [0, 0.1) is 25.5 Å². The number of hydrogen-bond donors (Lipinski definition) is 1. The number of ether oxygens (including phenoxy) is 2. The van der Waals surface area contributed by atoms with Crippen molar-refractivity contribution >= 4 is 58.1 Å². The monoisotopic (exact) mass is 1100 g/mol. The van der Waals surface area contributed by atoms with Crippen molar-refractivity contribution < 1.29 is 334 Å². The third-order valence-corrected chi connectivity index (χ3v) is 9.98. The molecule has 0 saturated heterocycles. The van der Waals surface area contributed by atoms with Gasteiger partial charge in [0.1, 0.15) is 41.9 Å². The first kappa shape index (κ1) is 68.6. The number of carbonyl (C=O) groups excluding carboxylic acids is 6. The first-order valence-corrected chi connectivity index (χ1v) is 19.6. The van der Waals surface area contributed by atoms with Gasteiger partial charge >= 0.3 is 257 Å². The van der Waals surface area contributed by atoms with E-state index in [1.165, 1.54) is 55.5 Å². The minimum absolute atomic E-state index is 0. The summed E-state index contributed by atoms with van der Waals surface area (Å²) in [5, 5.41) is 61.2. The molecule has 0 unspecified atom stereocenters. The van der Waals surface area contributed by atoms with Crippen LogP contribution in [0.1, 0.15) is 37.4 Å². The third kappa shape index (κ3) is 18.7. The molecule has 4 aromatic rings. The molecule has 0 aromatic heterocycles. The molecule has 0 fully saturated rings. The molecule has 0 saturated carbocycles. The fraction of sp³-hybridized carbons (Fsp3) is 0.196. The number of aryl methyl sites for hydroxylation is 2. The molecule has 1 aliphatic heterocycles. The minimum atomic E-state index is -1.76. The maximum atomic E-state index is 14.9. The number of halogens is 2. The summed E-state index contributed by atoms with van der Waals surface area (Å²) in [6, 6.07) is 16.1. The molecule has 18 nitrogen and oxygen atoms in total. The second-order valence-corrected chi connectivity index (χ2v) is 14.8. The van der Waals surface area contributed by atoms with Crippen molar-refractivity contribution in [3.05, 3.63) is 129 Å². The number of amides is 1. The van der Waals surface area contributed by atoms with E-state index < -0.39 is 84.6 Å². The molecule has 0 radical (unpaired) electrons. The second kappa shape index (κ2) is 31.8. The Balaban J connectivity index is 0.00000504. The number of rotatable bonds is 20. The van der Waals surface area contributed by atoms with Crippen LogP contribution < -0.4 is 312 Å². The van der Waals surface area contributed by atoms with Crippen molar-refractivity contribution in [1.82, 2.24) is 5.32 Å². The third-order valence-electron chi connectivity index (χ3n) is 9.98. The summed E-state index contributed by atoms with van der Waals surface area (Å²) >= 11 is 0. The minimum Gasteiger partial charge on any atom is -0.548 e. The van der Waals surface area contributed by atoms with Crippen LogP contribution in [-0.2, 0) is 25.7 Å². The molecule has 1 N–H and O–H groups in total. The van der Waals surface area contributed by atoms with Gasteiger partial charge in [0, 0.05) is 40.3 Å². The van der Waals surface area contributed by atoms with Gasteiger partial charge in [0.25, 0.3) is 5.91 Å². The topological polar surface area (TPSA) is 285 Å². The number of nitrogens with zero attached hydrogens (tertiary/aromatic N) is 2. The molecule has 4 aromatic carbocycles. The zero-order valence-corrected chi connectivity index (χ0v) is 55.3. The first-order valence-electron chi connectivity index (χ1n) is 19.6. The molecule has 6 rings (SSSR count). The van der Waals surface area contributed by atoms with Crippen LogP contribution >= 0.6 is 0 Å². The number of nitrogens with one attached hydrogen (secondary N) is 1. The molecule has 1 aliphatic carbocycles. The largest absolute Gasteiger partial charge is 1.00 e. The average Bonchev–Trinajstić information content (AvgIpc) is 3.23. The number of fused-ring (bicyclic) bond motifs is 2. The Morgan fingerprint density at radius 1 is 0.620 bits per heavy atom. The number of aliphatic carboxylic acids is 4. The molecular formula is C46H34F2K5N3O15. The van der Waals surface area contributed by atoms with E-state index in [1.54, 1.807) is 13.0 Å². The van der Waals surface area contributed by atoms with Crippen molar-refractivity contribution in [2.75, 3.05) is 49.2 Å². The smallest absolute Gasteiger partial charge is 0.548 e. The summed E-state index contributed by atoms with van der Waals surface area (Å²) in [6.07, 6.45) is 0. The number of benzene rings is 5. The van der Waals surface area contributed by atoms with Crippen molar-refractivity contribution in [2.24, 2.45) is 0 Å². The zero-order valence-electron chi connectivity index (χ0n) is 39.7. The second-order valence-electron chi connectivity index (χ2n) is 14.8. The van der Waals surface area contributed by atoms with E-state index in [4.69, 9.17) is 13.9 Å².